The number of methoxy groups -OCH3 is 1. The quantitative estimate of drug-likeness (QED) is 0.234. The van der Waals surface area contributed by atoms with Gasteiger partial charge in [-0.25, -0.2) is 4.98 Å². The number of anilines is 2. The van der Waals surface area contributed by atoms with Crippen LogP contribution in [0.25, 0.3) is 11.3 Å². The predicted octanol–water partition coefficient (Wildman–Crippen LogP) is 3.67. The van der Waals surface area contributed by atoms with Gasteiger partial charge in [-0.3, -0.25) is 25.0 Å². The molecule has 3 N–H and O–H groups in total. The van der Waals surface area contributed by atoms with Gasteiger partial charge in [0.2, 0.25) is 5.91 Å². The molecular weight excluding hydrogens is 446 g/mol. The third kappa shape index (κ3) is 6.57. The van der Waals surface area contributed by atoms with Gasteiger partial charge in [0.05, 0.1) is 22.8 Å². The Morgan fingerprint density at radius 1 is 1.18 bits per heavy atom. The first-order chi connectivity index (χ1) is 15.9. The highest BCUT2D eigenvalue weighted by Gasteiger charge is 2.18. The Bertz CT molecular complexity index is 1150. The molecule has 3 aromatic rings. The van der Waals surface area contributed by atoms with E-state index in [-0.39, 0.29) is 17.2 Å². The van der Waals surface area contributed by atoms with Crippen molar-refractivity contribution in [3.63, 3.8) is 0 Å². The maximum atomic E-state index is 12.9. The zero-order chi connectivity index (χ0) is 23.8. The van der Waals surface area contributed by atoms with E-state index in [0.29, 0.717) is 36.2 Å². The van der Waals surface area contributed by atoms with Crippen molar-refractivity contribution < 1.29 is 19.2 Å². The van der Waals surface area contributed by atoms with Gasteiger partial charge in [0.15, 0.2) is 5.13 Å². The van der Waals surface area contributed by atoms with Crippen LogP contribution in [0.15, 0.2) is 47.8 Å². The van der Waals surface area contributed by atoms with Gasteiger partial charge < -0.3 is 15.4 Å². The maximum Gasteiger partial charge on any atom is 0.270 e. The monoisotopic (exact) mass is 469 g/mol. The van der Waals surface area contributed by atoms with Gasteiger partial charge >= 0.3 is 0 Å². The van der Waals surface area contributed by atoms with E-state index in [4.69, 9.17) is 4.74 Å². The number of carbonyl (C=O) groups excluding carboxylic acids is 2. The van der Waals surface area contributed by atoms with Crippen molar-refractivity contribution in [3.05, 3.63) is 69.1 Å². The third-order valence-corrected chi connectivity index (χ3v) is 5.35. The molecule has 0 bridgehead atoms. The fourth-order valence-electron chi connectivity index (χ4n) is 2.92. The number of hydrogen-bond donors (Lipinski definition) is 3. The Labute approximate surface area is 194 Å². The number of benzene rings is 2. The number of nitrogens with one attached hydrogen (secondary N) is 3. The summed E-state index contributed by atoms with van der Waals surface area (Å²) in [5.41, 5.74) is 2.91. The summed E-state index contributed by atoms with van der Waals surface area (Å²) in [6, 6.07) is 11.6. The number of nitro groups is 1. The molecule has 0 aliphatic heterocycles. The summed E-state index contributed by atoms with van der Waals surface area (Å²) < 4.78 is 5.00. The average molecular weight is 470 g/mol. The lowest BCUT2D eigenvalue weighted by molar-refractivity contribution is -0.384. The molecule has 10 nitrogen and oxygen atoms in total. The summed E-state index contributed by atoms with van der Waals surface area (Å²) in [5.74, 6) is -0.607. The van der Waals surface area contributed by atoms with Crippen LogP contribution in [-0.4, -0.2) is 42.0 Å². The van der Waals surface area contributed by atoms with Crippen molar-refractivity contribution in [3.8, 4) is 11.3 Å². The van der Waals surface area contributed by atoms with Gasteiger partial charge in [-0.1, -0.05) is 24.3 Å². The van der Waals surface area contributed by atoms with E-state index in [1.807, 2.05) is 29.6 Å². The van der Waals surface area contributed by atoms with Gasteiger partial charge in [-0.05, 0) is 11.6 Å². The second-order valence-electron chi connectivity index (χ2n) is 7.01. The standard InChI is InChI=1S/C22H23N5O5S/c1-14(28)24-12-15-3-5-16(6-4-15)20-13-33-22(25-20)26-21(29)18-11-17(27(30)31)7-8-19(18)23-9-10-32-2/h3-8,11,13,23H,9-10,12H2,1-2H3,(H,24,28)(H,25,26,29). The second-order valence-corrected chi connectivity index (χ2v) is 7.86. The second kappa shape index (κ2) is 11.2. The predicted molar refractivity (Wildman–Crippen MR) is 126 cm³/mol. The molecule has 1 aromatic heterocycles. The fourth-order valence-corrected chi connectivity index (χ4v) is 3.64. The van der Waals surface area contributed by atoms with Crippen LogP contribution in [0.4, 0.5) is 16.5 Å². The minimum absolute atomic E-state index is 0.0974. The third-order valence-electron chi connectivity index (χ3n) is 4.60. The number of amides is 2. The van der Waals surface area contributed by atoms with Crippen LogP contribution in [0.1, 0.15) is 22.8 Å². The van der Waals surface area contributed by atoms with E-state index in [9.17, 15) is 19.7 Å². The van der Waals surface area contributed by atoms with E-state index in [1.54, 1.807) is 7.11 Å². The van der Waals surface area contributed by atoms with E-state index < -0.39 is 10.8 Å². The number of aromatic nitrogens is 1. The highest BCUT2D eigenvalue weighted by Crippen LogP contribution is 2.27. The largest absolute Gasteiger partial charge is 0.383 e. The SMILES string of the molecule is COCCNc1ccc([N+](=O)[O-])cc1C(=O)Nc1nc(-c2ccc(CNC(C)=O)cc2)cs1. The van der Waals surface area contributed by atoms with Crippen LogP contribution in [0.3, 0.4) is 0 Å². The van der Waals surface area contributed by atoms with Gasteiger partial charge in [0, 0.05) is 55.9 Å². The molecule has 0 aliphatic rings. The highest BCUT2D eigenvalue weighted by atomic mass is 32.1. The fraction of sp³-hybridized carbons (Fsp3) is 0.227. The maximum absolute atomic E-state index is 12.9. The van der Waals surface area contributed by atoms with E-state index in [2.05, 4.69) is 20.9 Å². The lowest BCUT2D eigenvalue weighted by Crippen LogP contribution is -2.18. The first-order valence-electron chi connectivity index (χ1n) is 9.99. The molecule has 0 fully saturated rings. The Hall–Kier alpha value is -3.83. The molecule has 0 spiro atoms. The molecule has 0 saturated heterocycles. The van der Waals surface area contributed by atoms with E-state index in [1.165, 1.54) is 36.5 Å². The number of nitrogens with zero attached hydrogens (tertiary/aromatic N) is 2. The average Bonchev–Trinajstić information content (AvgIpc) is 3.26. The number of rotatable bonds is 10. The van der Waals surface area contributed by atoms with Crippen LogP contribution in [0.5, 0.6) is 0 Å². The summed E-state index contributed by atoms with van der Waals surface area (Å²) in [5, 5.41) is 21.8. The topological polar surface area (TPSA) is 135 Å². The number of thiazole rings is 1. The van der Waals surface area contributed by atoms with Crippen LogP contribution in [-0.2, 0) is 16.1 Å². The molecule has 1 heterocycles. The molecule has 0 unspecified atom stereocenters. The molecular formula is C22H23N5O5S. The summed E-state index contributed by atoms with van der Waals surface area (Å²) in [4.78, 5) is 39.0. The summed E-state index contributed by atoms with van der Waals surface area (Å²) >= 11 is 1.25. The minimum atomic E-state index is -0.549. The van der Waals surface area contributed by atoms with Crippen LogP contribution < -0.4 is 16.0 Å². The van der Waals surface area contributed by atoms with Crippen LogP contribution in [0.2, 0.25) is 0 Å². The van der Waals surface area contributed by atoms with Crippen molar-refractivity contribution in [1.29, 1.82) is 0 Å². The first kappa shape index (κ1) is 23.8. The van der Waals surface area contributed by atoms with Crippen molar-refractivity contribution >= 4 is 39.7 Å². The Morgan fingerprint density at radius 3 is 2.61 bits per heavy atom. The molecule has 0 radical (unpaired) electrons. The van der Waals surface area contributed by atoms with E-state index >= 15 is 0 Å². The molecule has 33 heavy (non-hydrogen) atoms. The van der Waals surface area contributed by atoms with Gasteiger partial charge in [-0.15, -0.1) is 11.3 Å². The minimum Gasteiger partial charge on any atom is -0.383 e. The van der Waals surface area contributed by atoms with E-state index in [0.717, 1.165) is 11.1 Å². The zero-order valence-corrected chi connectivity index (χ0v) is 18.9. The molecule has 2 amide bonds. The lowest BCUT2D eigenvalue weighted by Gasteiger charge is -2.11. The van der Waals surface area contributed by atoms with Crippen molar-refractivity contribution in [2.75, 3.05) is 30.9 Å². The molecule has 172 valence electrons. The number of carbonyl (C=O) groups is 2. The summed E-state index contributed by atoms with van der Waals surface area (Å²) in [6.07, 6.45) is 0. The number of hydrogen-bond acceptors (Lipinski definition) is 8. The number of nitro benzene ring substituents is 1. The first-order valence-corrected chi connectivity index (χ1v) is 10.9. The molecule has 0 aliphatic carbocycles. The molecule has 3 rings (SSSR count). The molecule has 0 atom stereocenters. The Kier molecular flexibility index (Phi) is 8.06. The summed E-state index contributed by atoms with van der Waals surface area (Å²) in [6.45, 7) is 2.76. The normalized spacial score (nSPS) is 10.5. The Morgan fingerprint density at radius 2 is 1.94 bits per heavy atom. The summed E-state index contributed by atoms with van der Waals surface area (Å²) in [7, 11) is 1.56. The van der Waals surface area contributed by atoms with Gasteiger partial charge in [-0.2, -0.15) is 0 Å². The number of non-ortho nitro benzene ring substituents is 1. The van der Waals surface area contributed by atoms with Crippen LogP contribution in [0, 0.1) is 10.1 Å². The smallest absolute Gasteiger partial charge is 0.270 e. The van der Waals surface area contributed by atoms with Gasteiger partial charge in [0.25, 0.3) is 11.6 Å². The van der Waals surface area contributed by atoms with Gasteiger partial charge in [0.1, 0.15) is 0 Å². The molecule has 11 heteroatoms. The van der Waals surface area contributed by atoms with Crippen molar-refractivity contribution in [1.82, 2.24) is 10.3 Å². The molecule has 0 saturated carbocycles. The lowest BCUT2D eigenvalue weighted by atomic mass is 10.1. The van der Waals surface area contributed by atoms with Crippen molar-refractivity contribution in [2.45, 2.75) is 13.5 Å². The number of ether oxygens (including phenoxy) is 1. The van der Waals surface area contributed by atoms with Crippen LogP contribution >= 0.6 is 11.3 Å². The molecule has 2 aromatic carbocycles. The Balaban J connectivity index is 1.74. The zero-order valence-electron chi connectivity index (χ0n) is 18.1. The van der Waals surface area contributed by atoms with Crippen molar-refractivity contribution in [2.24, 2.45) is 0 Å². The highest BCUT2D eigenvalue weighted by molar-refractivity contribution is 7.14.